The van der Waals surface area contributed by atoms with Crippen LogP contribution in [-0.2, 0) is 0 Å². The van der Waals surface area contributed by atoms with Crippen LogP contribution in [0.15, 0.2) is 65.3 Å². The Bertz CT molecular complexity index is 824. The average molecular weight is 233 g/mol. The van der Waals surface area contributed by atoms with E-state index in [2.05, 4.69) is 35.3 Å². The van der Waals surface area contributed by atoms with Gasteiger partial charge in [0.05, 0.1) is 10.9 Å². The summed E-state index contributed by atoms with van der Waals surface area (Å²) in [4.78, 5) is 3.37. The molecule has 1 N–H and O–H groups in total. The molecule has 0 spiro atoms. The molecule has 2 heterocycles. The molecule has 0 unspecified atom stereocenters. The summed E-state index contributed by atoms with van der Waals surface area (Å²) in [5.74, 6) is 0.933. The van der Waals surface area contributed by atoms with E-state index in [4.69, 9.17) is 4.42 Å². The third kappa shape index (κ3) is 1.23. The van der Waals surface area contributed by atoms with Crippen molar-refractivity contribution in [3.63, 3.8) is 0 Å². The molecule has 4 rings (SSSR count). The van der Waals surface area contributed by atoms with E-state index in [1.165, 1.54) is 5.39 Å². The van der Waals surface area contributed by atoms with Gasteiger partial charge in [-0.1, -0.05) is 48.5 Å². The van der Waals surface area contributed by atoms with Gasteiger partial charge in [-0.05, 0) is 6.07 Å². The van der Waals surface area contributed by atoms with E-state index in [1.807, 2.05) is 24.3 Å². The highest BCUT2D eigenvalue weighted by atomic mass is 16.3. The highest BCUT2D eigenvalue weighted by molar-refractivity contribution is 6.12. The van der Waals surface area contributed by atoms with Gasteiger partial charge in [0.25, 0.3) is 0 Å². The standard InChI is InChI=1S/C16H11NO/c1-2-6-11(7-3-1)16-15-12-8-4-5-9-13(12)17-14(15)10-18-16/h1-10,17H. The van der Waals surface area contributed by atoms with Crippen LogP contribution in [0.5, 0.6) is 0 Å². The second kappa shape index (κ2) is 3.50. The van der Waals surface area contributed by atoms with Crippen LogP contribution in [0.3, 0.4) is 0 Å². The molecule has 0 aliphatic heterocycles. The molecule has 0 saturated heterocycles. The van der Waals surface area contributed by atoms with Crippen LogP contribution in [0, 0.1) is 0 Å². The number of hydrogen-bond acceptors (Lipinski definition) is 1. The highest BCUT2D eigenvalue weighted by Crippen LogP contribution is 2.35. The summed E-state index contributed by atoms with van der Waals surface area (Å²) in [5.41, 5.74) is 3.31. The second-order valence-electron chi connectivity index (χ2n) is 4.39. The minimum atomic E-state index is 0.933. The number of H-pyrrole nitrogens is 1. The van der Waals surface area contributed by atoms with Gasteiger partial charge in [0.2, 0.25) is 0 Å². The van der Waals surface area contributed by atoms with Crippen molar-refractivity contribution in [1.29, 1.82) is 0 Å². The van der Waals surface area contributed by atoms with E-state index in [0.29, 0.717) is 0 Å². The fourth-order valence-corrected chi connectivity index (χ4v) is 2.47. The number of nitrogens with one attached hydrogen (secondary N) is 1. The molecule has 4 aromatic rings. The number of hydrogen-bond donors (Lipinski definition) is 1. The lowest BCUT2D eigenvalue weighted by Gasteiger charge is -1.97. The Morgan fingerprint density at radius 1 is 0.778 bits per heavy atom. The average Bonchev–Trinajstić information content (AvgIpc) is 2.98. The van der Waals surface area contributed by atoms with E-state index in [9.17, 15) is 0 Å². The van der Waals surface area contributed by atoms with Crippen molar-refractivity contribution in [2.45, 2.75) is 0 Å². The molecule has 0 aliphatic carbocycles. The summed E-state index contributed by atoms with van der Waals surface area (Å²) in [5, 5.41) is 2.37. The Balaban J connectivity index is 2.13. The number of para-hydroxylation sites is 1. The first-order valence-electron chi connectivity index (χ1n) is 5.97. The molecule has 2 aromatic heterocycles. The molecule has 0 aliphatic rings. The lowest BCUT2D eigenvalue weighted by Crippen LogP contribution is -1.73. The molecule has 2 heteroatoms. The van der Waals surface area contributed by atoms with Crippen molar-refractivity contribution in [3.8, 4) is 11.3 Å². The number of aromatic nitrogens is 1. The summed E-state index contributed by atoms with van der Waals surface area (Å²) < 4.78 is 5.72. The van der Waals surface area contributed by atoms with Crippen molar-refractivity contribution in [2.24, 2.45) is 0 Å². The van der Waals surface area contributed by atoms with Gasteiger partial charge in [-0.15, -0.1) is 0 Å². The lowest BCUT2D eigenvalue weighted by molar-refractivity contribution is 0.586. The van der Waals surface area contributed by atoms with Gasteiger partial charge in [-0.2, -0.15) is 0 Å². The Hall–Kier alpha value is -2.48. The van der Waals surface area contributed by atoms with Gasteiger partial charge in [-0.3, -0.25) is 0 Å². The third-order valence-electron chi connectivity index (χ3n) is 3.29. The van der Waals surface area contributed by atoms with E-state index in [0.717, 1.165) is 27.7 Å². The number of furan rings is 1. The maximum atomic E-state index is 5.72. The number of aromatic amines is 1. The smallest absolute Gasteiger partial charge is 0.143 e. The zero-order chi connectivity index (χ0) is 11.9. The van der Waals surface area contributed by atoms with Crippen LogP contribution in [0.25, 0.3) is 33.1 Å². The van der Waals surface area contributed by atoms with Gasteiger partial charge < -0.3 is 9.40 Å². The van der Waals surface area contributed by atoms with Crippen LogP contribution in [-0.4, -0.2) is 4.98 Å². The minimum absolute atomic E-state index is 0.933. The Labute approximate surface area is 104 Å². The highest BCUT2D eigenvalue weighted by Gasteiger charge is 2.13. The van der Waals surface area contributed by atoms with E-state index >= 15 is 0 Å². The molecule has 0 bridgehead atoms. The fraction of sp³-hybridized carbons (Fsp3) is 0. The first-order valence-corrected chi connectivity index (χ1v) is 5.97. The van der Waals surface area contributed by atoms with Gasteiger partial charge in [0.1, 0.15) is 12.0 Å². The van der Waals surface area contributed by atoms with Crippen molar-refractivity contribution < 1.29 is 4.42 Å². The van der Waals surface area contributed by atoms with Crippen molar-refractivity contribution in [2.75, 3.05) is 0 Å². The summed E-state index contributed by atoms with van der Waals surface area (Å²) in [6.07, 6.45) is 1.79. The van der Waals surface area contributed by atoms with E-state index in [1.54, 1.807) is 6.26 Å². The number of rotatable bonds is 1. The maximum Gasteiger partial charge on any atom is 0.143 e. The first-order chi connectivity index (χ1) is 8.93. The largest absolute Gasteiger partial charge is 0.461 e. The molecular weight excluding hydrogens is 222 g/mol. The van der Waals surface area contributed by atoms with Crippen LogP contribution >= 0.6 is 0 Å². The summed E-state index contributed by atoms with van der Waals surface area (Å²) >= 11 is 0. The predicted octanol–water partition coefficient (Wildman–Crippen LogP) is 4.58. The molecule has 2 aromatic carbocycles. The molecule has 0 atom stereocenters. The molecule has 2 nitrogen and oxygen atoms in total. The predicted molar refractivity (Wildman–Crippen MR) is 73.5 cm³/mol. The summed E-state index contributed by atoms with van der Waals surface area (Å²) in [7, 11) is 0. The zero-order valence-electron chi connectivity index (χ0n) is 9.68. The summed E-state index contributed by atoms with van der Waals surface area (Å²) in [6, 6.07) is 18.5. The quantitative estimate of drug-likeness (QED) is 0.512. The fourth-order valence-electron chi connectivity index (χ4n) is 2.47. The SMILES string of the molecule is c1ccc(-c2occ3[nH]c4ccccc4c23)cc1. The van der Waals surface area contributed by atoms with Crippen LogP contribution in [0.2, 0.25) is 0 Å². The Morgan fingerprint density at radius 2 is 1.56 bits per heavy atom. The van der Waals surface area contributed by atoms with Crippen LogP contribution in [0.4, 0.5) is 0 Å². The number of fused-ring (bicyclic) bond motifs is 3. The van der Waals surface area contributed by atoms with Crippen molar-refractivity contribution >= 4 is 21.8 Å². The monoisotopic (exact) mass is 233 g/mol. The lowest BCUT2D eigenvalue weighted by atomic mass is 10.1. The zero-order valence-corrected chi connectivity index (χ0v) is 9.68. The Kier molecular flexibility index (Phi) is 1.86. The third-order valence-corrected chi connectivity index (χ3v) is 3.29. The van der Waals surface area contributed by atoms with Crippen molar-refractivity contribution in [3.05, 3.63) is 60.9 Å². The molecule has 86 valence electrons. The van der Waals surface area contributed by atoms with Crippen molar-refractivity contribution in [1.82, 2.24) is 4.98 Å². The minimum Gasteiger partial charge on any atom is -0.461 e. The summed E-state index contributed by atoms with van der Waals surface area (Å²) in [6.45, 7) is 0. The second-order valence-corrected chi connectivity index (χ2v) is 4.39. The van der Waals surface area contributed by atoms with Gasteiger partial charge in [-0.25, -0.2) is 0 Å². The molecule has 0 saturated carbocycles. The molecule has 0 fully saturated rings. The van der Waals surface area contributed by atoms with Gasteiger partial charge >= 0.3 is 0 Å². The topological polar surface area (TPSA) is 28.9 Å². The molecule has 0 radical (unpaired) electrons. The molecular formula is C16H11NO. The number of benzene rings is 2. The van der Waals surface area contributed by atoms with Crippen LogP contribution < -0.4 is 0 Å². The van der Waals surface area contributed by atoms with Crippen LogP contribution in [0.1, 0.15) is 0 Å². The molecule has 18 heavy (non-hydrogen) atoms. The normalized spacial score (nSPS) is 11.3. The van der Waals surface area contributed by atoms with Gasteiger partial charge in [0.15, 0.2) is 0 Å². The first kappa shape index (κ1) is 9.54. The van der Waals surface area contributed by atoms with E-state index < -0.39 is 0 Å². The van der Waals surface area contributed by atoms with Gasteiger partial charge in [0, 0.05) is 16.5 Å². The molecule has 0 amide bonds. The maximum absolute atomic E-state index is 5.72. The van der Waals surface area contributed by atoms with E-state index in [-0.39, 0.29) is 0 Å². The Morgan fingerprint density at radius 3 is 2.44 bits per heavy atom.